The largest absolute Gasteiger partial charge is 0.492 e. The summed E-state index contributed by atoms with van der Waals surface area (Å²) in [5.74, 6) is 0.908. The van der Waals surface area contributed by atoms with Crippen LogP contribution >= 0.6 is 0 Å². The van der Waals surface area contributed by atoms with Crippen molar-refractivity contribution in [3.05, 3.63) is 94.3 Å². The quantitative estimate of drug-likeness (QED) is 0.744. The van der Waals surface area contributed by atoms with Gasteiger partial charge in [0.2, 0.25) is 0 Å². The maximum Gasteiger partial charge on any atom is 0.123 e. The first-order chi connectivity index (χ1) is 13.6. The minimum absolute atomic E-state index is 0.669. The van der Waals surface area contributed by atoms with Gasteiger partial charge in [0.15, 0.2) is 0 Å². The molecule has 4 heteroatoms. The highest BCUT2D eigenvalue weighted by Gasteiger charge is 2.19. The number of ether oxygens (including phenoxy) is 1. The molecule has 28 heavy (non-hydrogen) atoms. The van der Waals surface area contributed by atoms with E-state index in [4.69, 9.17) is 4.74 Å². The van der Waals surface area contributed by atoms with Crippen molar-refractivity contribution >= 4 is 0 Å². The van der Waals surface area contributed by atoms with Crippen molar-refractivity contribution in [2.45, 2.75) is 33.0 Å². The topological polar surface area (TPSA) is 45.6 Å². The lowest BCUT2D eigenvalue weighted by Gasteiger charge is -2.21. The van der Waals surface area contributed by atoms with Crippen LogP contribution in [0.2, 0.25) is 0 Å². The highest BCUT2D eigenvalue weighted by molar-refractivity contribution is 5.41. The number of benzene rings is 2. The fraction of sp³-hybridized carbons (Fsp3) is 0.292. The Labute approximate surface area is 166 Å². The third-order valence-corrected chi connectivity index (χ3v) is 5.35. The van der Waals surface area contributed by atoms with Crippen molar-refractivity contribution in [3.63, 3.8) is 0 Å². The number of aliphatic hydroxyl groups is 1. The number of pyridine rings is 1. The molecule has 144 valence electrons. The number of aromatic nitrogens is 1. The summed E-state index contributed by atoms with van der Waals surface area (Å²) in [6.07, 6.45) is 2.74. The van der Waals surface area contributed by atoms with E-state index in [9.17, 15) is 5.11 Å². The standard InChI is InChI=1S/C24H26N2O2/c1-17-5-6-21(18(2)12-17)15-26-10-11-28-23-8-7-19(13-22(23)16-26)24(27)20-4-3-9-25-14-20/h3-9,12-14,24,27H,10-11,15-16H2,1-2H3/t24-/m0/s1. The Hall–Kier alpha value is -2.69. The molecule has 0 aliphatic carbocycles. The van der Waals surface area contributed by atoms with Crippen LogP contribution in [-0.2, 0) is 13.1 Å². The average molecular weight is 374 g/mol. The fourth-order valence-corrected chi connectivity index (χ4v) is 3.77. The van der Waals surface area contributed by atoms with Gasteiger partial charge in [-0.05, 0) is 48.7 Å². The van der Waals surface area contributed by atoms with Crippen LogP contribution in [-0.4, -0.2) is 28.1 Å². The molecular weight excluding hydrogens is 348 g/mol. The second kappa shape index (κ2) is 8.13. The first-order valence-electron chi connectivity index (χ1n) is 9.72. The summed E-state index contributed by atoms with van der Waals surface area (Å²) >= 11 is 0. The second-order valence-corrected chi connectivity index (χ2v) is 7.55. The summed E-state index contributed by atoms with van der Waals surface area (Å²) in [5.41, 5.74) is 6.74. The summed E-state index contributed by atoms with van der Waals surface area (Å²) < 4.78 is 5.97. The molecule has 0 saturated heterocycles. The van der Waals surface area contributed by atoms with Crippen molar-refractivity contribution in [2.75, 3.05) is 13.2 Å². The van der Waals surface area contributed by atoms with E-state index in [-0.39, 0.29) is 0 Å². The Morgan fingerprint density at radius 2 is 2.00 bits per heavy atom. The molecule has 2 aromatic carbocycles. The minimum atomic E-state index is -0.685. The van der Waals surface area contributed by atoms with Crippen molar-refractivity contribution in [3.8, 4) is 5.75 Å². The number of rotatable bonds is 4. The third kappa shape index (κ3) is 4.08. The first kappa shape index (κ1) is 18.7. The number of hydrogen-bond donors (Lipinski definition) is 1. The normalized spacial score (nSPS) is 15.4. The molecule has 4 nitrogen and oxygen atoms in total. The molecule has 0 unspecified atom stereocenters. The molecule has 1 aromatic heterocycles. The molecule has 0 amide bonds. The molecule has 2 heterocycles. The summed E-state index contributed by atoms with van der Waals surface area (Å²) in [7, 11) is 0. The minimum Gasteiger partial charge on any atom is -0.492 e. The van der Waals surface area contributed by atoms with E-state index in [1.54, 1.807) is 12.4 Å². The maximum absolute atomic E-state index is 10.7. The lowest BCUT2D eigenvalue weighted by Crippen LogP contribution is -2.25. The number of nitrogens with zero attached hydrogens (tertiary/aromatic N) is 2. The van der Waals surface area contributed by atoms with Gasteiger partial charge in [0.05, 0.1) is 0 Å². The van der Waals surface area contributed by atoms with Gasteiger partial charge in [-0.3, -0.25) is 9.88 Å². The summed E-state index contributed by atoms with van der Waals surface area (Å²) in [5, 5.41) is 10.7. The Morgan fingerprint density at radius 3 is 2.79 bits per heavy atom. The molecule has 1 aliphatic heterocycles. The molecule has 0 fully saturated rings. The van der Waals surface area contributed by atoms with E-state index < -0.39 is 6.10 Å². The first-order valence-corrected chi connectivity index (χ1v) is 9.72. The zero-order chi connectivity index (χ0) is 19.5. The second-order valence-electron chi connectivity index (χ2n) is 7.55. The highest BCUT2D eigenvalue weighted by Crippen LogP contribution is 2.30. The smallest absolute Gasteiger partial charge is 0.123 e. The van der Waals surface area contributed by atoms with Crippen molar-refractivity contribution in [1.82, 2.24) is 9.88 Å². The number of aliphatic hydroxyl groups excluding tert-OH is 1. The van der Waals surface area contributed by atoms with E-state index in [1.807, 2.05) is 24.3 Å². The summed E-state index contributed by atoms with van der Waals surface area (Å²) in [6.45, 7) is 7.54. The van der Waals surface area contributed by atoms with E-state index in [0.29, 0.717) is 6.61 Å². The molecule has 1 N–H and O–H groups in total. The monoisotopic (exact) mass is 374 g/mol. The third-order valence-electron chi connectivity index (χ3n) is 5.35. The van der Waals surface area contributed by atoms with Crippen molar-refractivity contribution < 1.29 is 9.84 Å². The van der Waals surface area contributed by atoms with Gasteiger partial charge in [-0.15, -0.1) is 0 Å². The zero-order valence-corrected chi connectivity index (χ0v) is 16.4. The van der Waals surface area contributed by atoms with Crippen molar-refractivity contribution in [2.24, 2.45) is 0 Å². The van der Waals surface area contributed by atoms with E-state index in [1.165, 1.54) is 16.7 Å². The molecule has 0 bridgehead atoms. The Morgan fingerprint density at radius 1 is 1.11 bits per heavy atom. The van der Waals surface area contributed by atoms with Gasteiger partial charge in [0.1, 0.15) is 18.5 Å². The van der Waals surface area contributed by atoms with Gasteiger partial charge in [0, 0.05) is 43.2 Å². The van der Waals surface area contributed by atoms with Crippen LogP contribution in [0.3, 0.4) is 0 Å². The van der Waals surface area contributed by atoms with Crippen LogP contribution in [0.1, 0.15) is 39.5 Å². The van der Waals surface area contributed by atoms with E-state index in [0.717, 1.165) is 42.1 Å². The van der Waals surface area contributed by atoms with Crippen LogP contribution in [0.25, 0.3) is 0 Å². The van der Waals surface area contributed by atoms with Crippen LogP contribution in [0, 0.1) is 13.8 Å². The SMILES string of the molecule is Cc1ccc(CN2CCOc3ccc([C@H](O)c4cccnc4)cc3C2)c(C)c1. The van der Waals surface area contributed by atoms with Gasteiger partial charge >= 0.3 is 0 Å². The molecule has 4 rings (SSSR count). The Balaban J connectivity index is 1.56. The fourth-order valence-electron chi connectivity index (χ4n) is 3.77. The molecule has 0 radical (unpaired) electrons. The zero-order valence-electron chi connectivity index (χ0n) is 16.4. The molecular formula is C24H26N2O2. The molecule has 1 aliphatic rings. The summed E-state index contributed by atoms with van der Waals surface area (Å²) in [6, 6.07) is 16.4. The van der Waals surface area contributed by atoms with Crippen LogP contribution in [0.5, 0.6) is 5.75 Å². The van der Waals surface area contributed by atoms with Gasteiger partial charge in [-0.25, -0.2) is 0 Å². The Kier molecular flexibility index (Phi) is 5.42. The average Bonchev–Trinajstić information content (AvgIpc) is 2.91. The lowest BCUT2D eigenvalue weighted by atomic mass is 10.00. The van der Waals surface area contributed by atoms with Crippen LogP contribution in [0.4, 0.5) is 0 Å². The van der Waals surface area contributed by atoms with Gasteiger partial charge < -0.3 is 9.84 Å². The lowest BCUT2D eigenvalue weighted by molar-refractivity contribution is 0.218. The summed E-state index contributed by atoms with van der Waals surface area (Å²) in [4.78, 5) is 6.52. The van der Waals surface area contributed by atoms with Gasteiger partial charge in [-0.2, -0.15) is 0 Å². The van der Waals surface area contributed by atoms with Gasteiger partial charge in [0.25, 0.3) is 0 Å². The van der Waals surface area contributed by atoms with E-state index in [2.05, 4.69) is 48.0 Å². The van der Waals surface area contributed by atoms with Crippen molar-refractivity contribution in [1.29, 1.82) is 0 Å². The van der Waals surface area contributed by atoms with Crippen LogP contribution in [0.15, 0.2) is 60.9 Å². The Bertz CT molecular complexity index is 956. The highest BCUT2D eigenvalue weighted by atomic mass is 16.5. The number of aryl methyl sites for hydroxylation is 2. The van der Waals surface area contributed by atoms with E-state index >= 15 is 0 Å². The maximum atomic E-state index is 10.7. The molecule has 0 spiro atoms. The van der Waals surface area contributed by atoms with Crippen LogP contribution < -0.4 is 4.74 Å². The molecule has 1 atom stereocenters. The molecule has 0 saturated carbocycles. The number of hydrogen-bond acceptors (Lipinski definition) is 4. The predicted molar refractivity (Wildman–Crippen MR) is 110 cm³/mol. The number of fused-ring (bicyclic) bond motifs is 1. The van der Waals surface area contributed by atoms with Gasteiger partial charge in [-0.1, -0.05) is 35.9 Å². The predicted octanol–water partition coefficient (Wildman–Crippen LogP) is 4.17. The molecule has 3 aromatic rings.